The lowest BCUT2D eigenvalue weighted by Crippen LogP contribution is -2.43. The quantitative estimate of drug-likeness (QED) is 0.919. The summed E-state index contributed by atoms with van der Waals surface area (Å²) in [6.07, 6.45) is 5.61. The van der Waals surface area contributed by atoms with E-state index in [-0.39, 0.29) is 11.9 Å². The summed E-state index contributed by atoms with van der Waals surface area (Å²) in [5, 5.41) is 0. The van der Waals surface area contributed by atoms with E-state index in [1.807, 2.05) is 7.05 Å². The topological polar surface area (TPSA) is 59.2 Å². The second kappa shape index (κ2) is 5.14. The van der Waals surface area contributed by atoms with Crippen LogP contribution in [0.1, 0.15) is 23.2 Å². The Bertz CT molecular complexity index is 420. The van der Waals surface area contributed by atoms with Crippen LogP contribution in [0.3, 0.4) is 0 Å². The summed E-state index contributed by atoms with van der Waals surface area (Å²) in [4.78, 5) is 18.0. The normalized spacial score (nSPS) is 16.6. The van der Waals surface area contributed by atoms with E-state index >= 15 is 0 Å². The summed E-state index contributed by atoms with van der Waals surface area (Å²) >= 11 is 3.32. The fraction of sp³-hybridized carbons (Fsp3) is 0.500. The molecule has 1 aromatic heterocycles. The number of carbonyl (C=O) groups excluding carboxylic acids is 1. The summed E-state index contributed by atoms with van der Waals surface area (Å²) in [5.41, 5.74) is 6.34. The number of nitrogens with zero attached hydrogens (tertiary/aromatic N) is 2. The molecule has 4 nitrogen and oxygen atoms in total. The molecule has 92 valence electrons. The first-order valence-electron chi connectivity index (χ1n) is 5.71. The average molecular weight is 298 g/mol. The van der Waals surface area contributed by atoms with Crippen LogP contribution in [0.2, 0.25) is 0 Å². The molecule has 0 saturated heterocycles. The van der Waals surface area contributed by atoms with Gasteiger partial charge in [-0.1, -0.05) is 0 Å². The maximum Gasteiger partial charge on any atom is 0.255 e. The SMILES string of the molecule is CN(C(=O)c1cncc(Br)c1)C(CN)C1CC1. The molecule has 0 bridgehead atoms. The third kappa shape index (κ3) is 2.84. The van der Waals surface area contributed by atoms with E-state index in [0.29, 0.717) is 18.0 Å². The van der Waals surface area contributed by atoms with Gasteiger partial charge in [-0.25, -0.2) is 0 Å². The molecule has 5 heteroatoms. The van der Waals surface area contributed by atoms with E-state index in [4.69, 9.17) is 5.73 Å². The first-order chi connectivity index (χ1) is 8.13. The lowest BCUT2D eigenvalue weighted by atomic mass is 10.1. The minimum atomic E-state index is -0.0128. The van der Waals surface area contributed by atoms with E-state index in [1.165, 1.54) is 12.8 Å². The Morgan fingerprint density at radius 2 is 2.35 bits per heavy atom. The van der Waals surface area contributed by atoms with Crippen molar-refractivity contribution in [2.75, 3.05) is 13.6 Å². The van der Waals surface area contributed by atoms with Gasteiger partial charge in [-0.15, -0.1) is 0 Å². The molecular formula is C12H16BrN3O. The standard InChI is InChI=1S/C12H16BrN3O/c1-16(11(5-14)8-2-3-8)12(17)9-4-10(13)7-15-6-9/h4,6-8,11H,2-3,5,14H2,1H3. The lowest BCUT2D eigenvalue weighted by molar-refractivity contribution is 0.0718. The van der Waals surface area contributed by atoms with Gasteiger partial charge in [0.1, 0.15) is 0 Å². The molecule has 1 heterocycles. The molecule has 1 atom stereocenters. The predicted octanol–water partition coefficient (Wildman–Crippen LogP) is 1.65. The molecule has 2 rings (SSSR count). The number of halogens is 1. The van der Waals surface area contributed by atoms with Crippen molar-refractivity contribution in [1.82, 2.24) is 9.88 Å². The number of likely N-dealkylation sites (N-methyl/N-ethyl adjacent to an activating group) is 1. The number of amides is 1. The maximum atomic E-state index is 12.2. The van der Waals surface area contributed by atoms with Crippen molar-refractivity contribution in [3.05, 3.63) is 28.5 Å². The fourth-order valence-corrected chi connectivity index (χ4v) is 2.40. The molecular weight excluding hydrogens is 282 g/mol. The molecule has 2 N–H and O–H groups in total. The number of nitrogens with two attached hydrogens (primary N) is 1. The molecule has 0 spiro atoms. The van der Waals surface area contributed by atoms with Gasteiger partial charge in [0.2, 0.25) is 0 Å². The van der Waals surface area contributed by atoms with E-state index in [2.05, 4.69) is 20.9 Å². The van der Waals surface area contributed by atoms with Gasteiger partial charge in [-0.3, -0.25) is 9.78 Å². The van der Waals surface area contributed by atoms with Crippen LogP contribution in [0.25, 0.3) is 0 Å². The zero-order chi connectivity index (χ0) is 12.4. The maximum absolute atomic E-state index is 12.2. The van der Waals surface area contributed by atoms with Gasteiger partial charge in [0, 0.05) is 36.5 Å². The second-order valence-corrected chi connectivity index (χ2v) is 5.36. The minimum absolute atomic E-state index is 0.0128. The average Bonchev–Trinajstić information content (AvgIpc) is 3.13. The molecule has 0 radical (unpaired) electrons. The van der Waals surface area contributed by atoms with Gasteiger partial charge < -0.3 is 10.6 Å². The fourth-order valence-electron chi connectivity index (χ4n) is 2.03. The van der Waals surface area contributed by atoms with Crippen LogP contribution < -0.4 is 5.73 Å². The molecule has 1 fully saturated rings. The monoisotopic (exact) mass is 297 g/mol. The zero-order valence-corrected chi connectivity index (χ0v) is 11.4. The molecule has 1 amide bonds. The van der Waals surface area contributed by atoms with Crippen LogP contribution in [0.5, 0.6) is 0 Å². The Hall–Kier alpha value is -0.940. The van der Waals surface area contributed by atoms with Crippen molar-refractivity contribution in [2.24, 2.45) is 11.7 Å². The van der Waals surface area contributed by atoms with E-state index in [9.17, 15) is 4.79 Å². The van der Waals surface area contributed by atoms with Gasteiger partial charge in [0.25, 0.3) is 5.91 Å². The highest BCUT2D eigenvalue weighted by Crippen LogP contribution is 2.34. The second-order valence-electron chi connectivity index (χ2n) is 4.45. The van der Waals surface area contributed by atoms with Crippen molar-refractivity contribution in [1.29, 1.82) is 0 Å². The summed E-state index contributed by atoms with van der Waals surface area (Å²) in [5.74, 6) is 0.565. The Labute approximate surface area is 109 Å². The Balaban J connectivity index is 2.13. The third-order valence-corrected chi connectivity index (χ3v) is 3.61. The molecule has 1 saturated carbocycles. The van der Waals surface area contributed by atoms with Gasteiger partial charge in [0.05, 0.1) is 5.56 Å². The summed E-state index contributed by atoms with van der Waals surface area (Å²) in [6, 6.07) is 1.94. The highest BCUT2D eigenvalue weighted by atomic mass is 79.9. The van der Waals surface area contributed by atoms with Crippen LogP contribution in [0, 0.1) is 5.92 Å². The van der Waals surface area contributed by atoms with Gasteiger partial charge in [-0.2, -0.15) is 0 Å². The van der Waals surface area contributed by atoms with Crippen molar-refractivity contribution in [3.63, 3.8) is 0 Å². The van der Waals surface area contributed by atoms with Gasteiger partial charge in [-0.05, 0) is 40.8 Å². The third-order valence-electron chi connectivity index (χ3n) is 3.18. The summed E-state index contributed by atoms with van der Waals surface area (Å²) < 4.78 is 0.812. The molecule has 1 aliphatic carbocycles. The molecule has 0 aromatic carbocycles. The Morgan fingerprint density at radius 3 is 2.88 bits per heavy atom. The van der Waals surface area contributed by atoms with Crippen LogP contribution in [0.4, 0.5) is 0 Å². The lowest BCUT2D eigenvalue weighted by Gasteiger charge is -2.27. The number of hydrogen-bond acceptors (Lipinski definition) is 3. The Kier molecular flexibility index (Phi) is 3.79. The van der Waals surface area contributed by atoms with E-state index in [1.54, 1.807) is 23.4 Å². The van der Waals surface area contributed by atoms with Crippen molar-refractivity contribution in [3.8, 4) is 0 Å². The van der Waals surface area contributed by atoms with Crippen LogP contribution in [-0.4, -0.2) is 35.4 Å². The molecule has 0 aliphatic heterocycles. The highest BCUT2D eigenvalue weighted by molar-refractivity contribution is 9.10. The number of aromatic nitrogens is 1. The number of pyridine rings is 1. The van der Waals surface area contributed by atoms with Crippen molar-refractivity contribution >= 4 is 21.8 Å². The van der Waals surface area contributed by atoms with Gasteiger partial charge >= 0.3 is 0 Å². The molecule has 1 aromatic rings. The number of hydrogen-bond donors (Lipinski definition) is 1. The van der Waals surface area contributed by atoms with E-state index in [0.717, 1.165) is 4.47 Å². The molecule has 17 heavy (non-hydrogen) atoms. The minimum Gasteiger partial charge on any atom is -0.337 e. The first kappa shape index (κ1) is 12.5. The Morgan fingerprint density at radius 1 is 1.65 bits per heavy atom. The summed E-state index contributed by atoms with van der Waals surface area (Å²) in [6.45, 7) is 0.522. The van der Waals surface area contributed by atoms with Crippen LogP contribution in [0.15, 0.2) is 22.9 Å². The van der Waals surface area contributed by atoms with E-state index < -0.39 is 0 Å². The summed E-state index contributed by atoms with van der Waals surface area (Å²) in [7, 11) is 1.82. The molecule has 1 unspecified atom stereocenters. The van der Waals surface area contributed by atoms with Crippen LogP contribution >= 0.6 is 15.9 Å². The first-order valence-corrected chi connectivity index (χ1v) is 6.50. The zero-order valence-electron chi connectivity index (χ0n) is 9.77. The number of carbonyl (C=O) groups is 1. The van der Waals surface area contributed by atoms with Gasteiger partial charge in [0.15, 0.2) is 0 Å². The predicted molar refractivity (Wildman–Crippen MR) is 69.6 cm³/mol. The largest absolute Gasteiger partial charge is 0.337 e. The van der Waals surface area contributed by atoms with Crippen molar-refractivity contribution in [2.45, 2.75) is 18.9 Å². The van der Waals surface area contributed by atoms with Crippen LogP contribution in [-0.2, 0) is 0 Å². The van der Waals surface area contributed by atoms with Crippen molar-refractivity contribution < 1.29 is 4.79 Å². The number of rotatable bonds is 4. The smallest absolute Gasteiger partial charge is 0.255 e. The molecule has 1 aliphatic rings. The highest BCUT2D eigenvalue weighted by Gasteiger charge is 2.35.